The number of ether oxygens (including phenoxy) is 1. The molecule has 5 heteroatoms. The van der Waals surface area contributed by atoms with Crippen LogP contribution in [0.25, 0.3) is 0 Å². The van der Waals surface area contributed by atoms with Crippen molar-refractivity contribution in [3.63, 3.8) is 0 Å². The zero-order chi connectivity index (χ0) is 20.8. The first-order valence-corrected chi connectivity index (χ1v) is 10.1. The maximum absolute atomic E-state index is 10.5. The Morgan fingerprint density at radius 1 is 0.900 bits per heavy atom. The van der Waals surface area contributed by atoms with Crippen molar-refractivity contribution in [2.75, 3.05) is 6.54 Å². The first-order chi connectivity index (χ1) is 14.7. The zero-order valence-corrected chi connectivity index (χ0v) is 16.6. The van der Waals surface area contributed by atoms with Crippen molar-refractivity contribution in [3.05, 3.63) is 107 Å². The highest BCUT2D eigenvalue weighted by atomic mass is 16.5. The third-order valence-corrected chi connectivity index (χ3v) is 5.02. The average Bonchev–Trinajstić information content (AvgIpc) is 2.73. The molecule has 0 aliphatic carbocycles. The highest BCUT2D eigenvalue weighted by Gasteiger charge is 2.25. The zero-order valence-electron chi connectivity index (χ0n) is 16.6. The lowest BCUT2D eigenvalue weighted by Gasteiger charge is -2.26. The number of aliphatic carboxylic acids is 1. The van der Waals surface area contributed by atoms with E-state index in [-0.39, 0.29) is 12.6 Å². The minimum atomic E-state index is -0.792. The molecule has 5 nitrogen and oxygen atoms in total. The van der Waals surface area contributed by atoms with Crippen LogP contribution in [0.15, 0.2) is 83.9 Å². The summed E-state index contributed by atoms with van der Waals surface area (Å²) in [5.41, 5.74) is 5.65. The van der Waals surface area contributed by atoms with Crippen LogP contribution in [-0.4, -0.2) is 23.5 Å². The fourth-order valence-electron chi connectivity index (χ4n) is 3.33. The van der Waals surface area contributed by atoms with Crippen molar-refractivity contribution in [1.82, 2.24) is 5.32 Å². The molecule has 2 N–H and O–H groups in total. The molecule has 0 bridgehead atoms. The van der Waals surface area contributed by atoms with Crippen LogP contribution in [0.5, 0.6) is 0 Å². The summed E-state index contributed by atoms with van der Waals surface area (Å²) in [6, 6.07) is 26.8. The number of nitrogens with zero attached hydrogens (tertiary/aromatic N) is 1. The lowest BCUT2D eigenvalue weighted by Crippen LogP contribution is -2.22. The standard InChI is InChI=1S/C25H24N2O3/c28-23(29)14-15-26-17-20-8-12-22(13-9-20)25-27-24(30-25)21-10-6-19(7-11-21)16-18-4-2-1-3-5-18/h1-13,25-26H,14-17H2,(H,28,29). The van der Waals surface area contributed by atoms with Crippen molar-refractivity contribution in [2.24, 2.45) is 4.99 Å². The number of carboxylic acid groups (broad SMARTS) is 1. The Balaban J connectivity index is 1.30. The first kappa shape index (κ1) is 19.9. The summed E-state index contributed by atoms with van der Waals surface area (Å²) in [4.78, 5) is 15.1. The predicted molar refractivity (Wildman–Crippen MR) is 116 cm³/mol. The second-order valence-corrected chi connectivity index (χ2v) is 7.33. The molecule has 152 valence electrons. The van der Waals surface area contributed by atoms with Crippen molar-refractivity contribution in [1.29, 1.82) is 0 Å². The van der Waals surface area contributed by atoms with Gasteiger partial charge >= 0.3 is 5.97 Å². The second-order valence-electron chi connectivity index (χ2n) is 7.33. The first-order valence-electron chi connectivity index (χ1n) is 10.1. The second kappa shape index (κ2) is 9.37. The number of nitrogens with one attached hydrogen (secondary N) is 1. The van der Waals surface area contributed by atoms with Gasteiger partial charge in [-0.2, -0.15) is 0 Å². The third-order valence-electron chi connectivity index (χ3n) is 5.02. The van der Waals surface area contributed by atoms with Gasteiger partial charge in [0.05, 0.1) is 6.42 Å². The van der Waals surface area contributed by atoms with Crippen LogP contribution in [0.2, 0.25) is 0 Å². The Morgan fingerprint density at radius 3 is 2.20 bits per heavy atom. The molecule has 0 saturated carbocycles. The van der Waals surface area contributed by atoms with Crippen LogP contribution < -0.4 is 5.32 Å². The summed E-state index contributed by atoms with van der Waals surface area (Å²) in [7, 11) is 0. The molecule has 30 heavy (non-hydrogen) atoms. The fraction of sp³-hybridized carbons (Fsp3) is 0.200. The lowest BCUT2D eigenvalue weighted by atomic mass is 10.0. The van der Waals surface area contributed by atoms with Crippen LogP contribution in [0.3, 0.4) is 0 Å². The van der Waals surface area contributed by atoms with E-state index in [1.54, 1.807) is 0 Å². The van der Waals surface area contributed by atoms with E-state index in [0.717, 1.165) is 23.1 Å². The summed E-state index contributed by atoms with van der Waals surface area (Å²) in [6.45, 7) is 1.10. The molecule has 0 fully saturated rings. The van der Waals surface area contributed by atoms with E-state index in [2.05, 4.69) is 58.8 Å². The Morgan fingerprint density at radius 2 is 1.53 bits per heavy atom. The van der Waals surface area contributed by atoms with Gasteiger partial charge in [0.15, 0.2) is 0 Å². The Labute approximate surface area is 176 Å². The van der Waals surface area contributed by atoms with E-state index >= 15 is 0 Å². The lowest BCUT2D eigenvalue weighted by molar-refractivity contribution is -0.136. The molecule has 0 aromatic heterocycles. The molecule has 4 rings (SSSR count). The van der Waals surface area contributed by atoms with Gasteiger partial charge in [-0.1, -0.05) is 66.7 Å². The van der Waals surface area contributed by atoms with E-state index < -0.39 is 5.97 Å². The van der Waals surface area contributed by atoms with Crippen molar-refractivity contribution >= 4 is 11.9 Å². The van der Waals surface area contributed by atoms with Crippen LogP contribution in [0.1, 0.15) is 40.5 Å². The molecule has 0 amide bonds. The molecule has 1 unspecified atom stereocenters. The van der Waals surface area contributed by atoms with Crippen LogP contribution in [0.4, 0.5) is 0 Å². The fourth-order valence-corrected chi connectivity index (χ4v) is 3.33. The van der Waals surface area contributed by atoms with Crippen LogP contribution in [0, 0.1) is 0 Å². The van der Waals surface area contributed by atoms with Gasteiger partial charge in [0.25, 0.3) is 0 Å². The summed E-state index contributed by atoms with van der Waals surface area (Å²) in [5, 5.41) is 11.8. The third kappa shape index (κ3) is 5.13. The maximum Gasteiger partial charge on any atom is 0.304 e. The highest BCUT2D eigenvalue weighted by Crippen LogP contribution is 2.30. The van der Waals surface area contributed by atoms with Gasteiger partial charge in [-0.15, -0.1) is 0 Å². The molecule has 1 aliphatic heterocycles. The van der Waals surface area contributed by atoms with E-state index in [9.17, 15) is 4.79 Å². The summed E-state index contributed by atoms with van der Waals surface area (Å²) >= 11 is 0. The SMILES string of the molecule is O=C(O)CCNCc1ccc(C2N=C(c3ccc(Cc4ccccc4)cc3)O2)cc1. The largest absolute Gasteiger partial charge is 0.481 e. The average molecular weight is 400 g/mol. The van der Waals surface area contributed by atoms with Gasteiger partial charge in [0.2, 0.25) is 12.1 Å². The van der Waals surface area contributed by atoms with Gasteiger partial charge in [0, 0.05) is 24.2 Å². The van der Waals surface area contributed by atoms with E-state index in [4.69, 9.17) is 9.84 Å². The number of benzene rings is 3. The van der Waals surface area contributed by atoms with E-state index in [0.29, 0.717) is 19.0 Å². The highest BCUT2D eigenvalue weighted by molar-refractivity contribution is 5.96. The van der Waals surface area contributed by atoms with Gasteiger partial charge in [-0.3, -0.25) is 4.79 Å². The van der Waals surface area contributed by atoms with Gasteiger partial charge < -0.3 is 15.2 Å². The van der Waals surface area contributed by atoms with E-state index in [1.165, 1.54) is 11.1 Å². The summed E-state index contributed by atoms with van der Waals surface area (Å²) < 4.78 is 5.90. The number of aliphatic imine (C=N–C) groups is 1. The Hall–Kier alpha value is -3.44. The number of carbonyl (C=O) groups is 1. The molecule has 3 aromatic carbocycles. The molecule has 1 aliphatic rings. The predicted octanol–water partition coefficient (Wildman–Crippen LogP) is 4.32. The molecule has 0 radical (unpaired) electrons. The van der Waals surface area contributed by atoms with Crippen LogP contribution >= 0.6 is 0 Å². The smallest absolute Gasteiger partial charge is 0.304 e. The minimum Gasteiger partial charge on any atom is -0.481 e. The number of rotatable bonds is 9. The quantitative estimate of drug-likeness (QED) is 0.525. The molecule has 3 aromatic rings. The molecule has 0 saturated heterocycles. The topological polar surface area (TPSA) is 70.9 Å². The minimum absolute atomic E-state index is 0.124. The maximum atomic E-state index is 10.5. The van der Waals surface area contributed by atoms with Gasteiger partial charge in [-0.25, -0.2) is 4.99 Å². The molecular weight excluding hydrogens is 376 g/mol. The summed E-state index contributed by atoms with van der Waals surface area (Å²) in [5.74, 6) is -0.120. The van der Waals surface area contributed by atoms with Crippen molar-refractivity contribution in [3.8, 4) is 0 Å². The van der Waals surface area contributed by atoms with E-state index in [1.807, 2.05) is 30.3 Å². The molecule has 1 atom stereocenters. The molecule has 1 heterocycles. The molecular formula is C25H24N2O3. The molecule has 0 spiro atoms. The normalized spacial score (nSPS) is 15.1. The number of hydrogen-bond acceptors (Lipinski definition) is 4. The number of carboxylic acids is 1. The van der Waals surface area contributed by atoms with Crippen molar-refractivity contribution in [2.45, 2.75) is 25.6 Å². The van der Waals surface area contributed by atoms with Gasteiger partial charge in [-0.05, 0) is 35.2 Å². The van der Waals surface area contributed by atoms with Gasteiger partial charge in [0.1, 0.15) is 0 Å². The van der Waals surface area contributed by atoms with Crippen LogP contribution in [-0.2, 0) is 22.5 Å². The van der Waals surface area contributed by atoms with Crippen molar-refractivity contribution < 1.29 is 14.6 Å². The Bertz CT molecular complexity index is 1010. The Kier molecular flexibility index (Phi) is 6.20. The summed E-state index contributed by atoms with van der Waals surface area (Å²) in [6.07, 6.45) is 0.769. The monoisotopic (exact) mass is 400 g/mol. The number of hydrogen-bond donors (Lipinski definition) is 2.